The van der Waals surface area contributed by atoms with E-state index in [2.05, 4.69) is 15.4 Å². The summed E-state index contributed by atoms with van der Waals surface area (Å²) in [7, 11) is -3.06. The van der Waals surface area contributed by atoms with Crippen molar-refractivity contribution < 1.29 is 17.6 Å². The van der Waals surface area contributed by atoms with E-state index in [4.69, 9.17) is 4.42 Å². The van der Waals surface area contributed by atoms with Gasteiger partial charge in [-0.3, -0.25) is 9.48 Å². The number of anilines is 1. The van der Waals surface area contributed by atoms with E-state index in [0.717, 1.165) is 22.4 Å². The Morgan fingerprint density at radius 1 is 1.15 bits per heavy atom. The summed E-state index contributed by atoms with van der Waals surface area (Å²) in [5, 5.41) is 7.35. The first kappa shape index (κ1) is 21.4. The fourth-order valence-corrected chi connectivity index (χ4v) is 5.79. The van der Waals surface area contributed by atoms with E-state index in [9.17, 15) is 13.2 Å². The van der Waals surface area contributed by atoms with Crippen molar-refractivity contribution in [3.8, 4) is 11.5 Å². The van der Waals surface area contributed by atoms with Crippen LogP contribution >= 0.6 is 0 Å². The molecule has 1 aliphatic rings. The Hall–Kier alpha value is -3.46. The van der Waals surface area contributed by atoms with Gasteiger partial charge in [-0.2, -0.15) is 5.10 Å². The predicted molar refractivity (Wildman–Crippen MR) is 126 cm³/mol. The van der Waals surface area contributed by atoms with Crippen molar-refractivity contribution in [3.63, 3.8) is 0 Å². The third kappa shape index (κ3) is 4.28. The maximum Gasteiger partial charge on any atom is 0.276 e. The number of sulfone groups is 1. The van der Waals surface area contributed by atoms with Gasteiger partial charge in [0, 0.05) is 16.9 Å². The number of fused-ring (bicyclic) bond motifs is 1. The quantitative estimate of drug-likeness (QED) is 0.468. The zero-order chi connectivity index (χ0) is 23.2. The molecule has 4 aromatic rings. The number of nitrogens with zero attached hydrogens (tertiary/aromatic N) is 3. The van der Waals surface area contributed by atoms with Crippen molar-refractivity contribution in [2.45, 2.75) is 32.2 Å². The van der Waals surface area contributed by atoms with Gasteiger partial charge in [-0.25, -0.2) is 13.4 Å². The minimum atomic E-state index is -3.06. The zero-order valence-electron chi connectivity index (χ0n) is 18.4. The lowest BCUT2D eigenvalue weighted by molar-refractivity contribution is 0.102. The van der Waals surface area contributed by atoms with Crippen molar-refractivity contribution in [1.82, 2.24) is 14.8 Å². The average molecular weight is 465 g/mol. The molecule has 5 rings (SSSR count). The van der Waals surface area contributed by atoms with E-state index < -0.39 is 9.84 Å². The van der Waals surface area contributed by atoms with Gasteiger partial charge >= 0.3 is 0 Å². The Kier molecular flexibility index (Phi) is 5.28. The summed E-state index contributed by atoms with van der Waals surface area (Å²) in [6.07, 6.45) is 0.516. The van der Waals surface area contributed by atoms with Crippen LogP contribution in [0.2, 0.25) is 0 Å². The lowest BCUT2D eigenvalue weighted by Gasteiger charge is -2.15. The Morgan fingerprint density at radius 2 is 1.91 bits per heavy atom. The second kappa shape index (κ2) is 8.15. The number of carbonyl (C=O) groups excluding carboxylic acids is 1. The van der Waals surface area contributed by atoms with Crippen LogP contribution in [0.1, 0.15) is 48.4 Å². The van der Waals surface area contributed by atoms with Crippen LogP contribution in [0.5, 0.6) is 0 Å². The molecule has 0 saturated carbocycles. The molecule has 1 fully saturated rings. The predicted octanol–water partition coefficient (Wildman–Crippen LogP) is 4.43. The molecular weight excluding hydrogens is 440 g/mol. The molecule has 1 N–H and O–H groups in total. The molecule has 1 amide bonds. The first-order valence-corrected chi connectivity index (χ1v) is 12.7. The first-order valence-electron chi connectivity index (χ1n) is 10.9. The molecular formula is C24H24N4O4S. The van der Waals surface area contributed by atoms with Crippen molar-refractivity contribution in [3.05, 3.63) is 66.0 Å². The molecule has 170 valence electrons. The lowest BCUT2D eigenvalue weighted by atomic mass is 10.1. The molecule has 1 atom stereocenters. The lowest BCUT2D eigenvalue weighted by Crippen LogP contribution is -2.17. The summed E-state index contributed by atoms with van der Waals surface area (Å²) in [6, 6.07) is 16.3. The molecule has 0 radical (unpaired) electrons. The summed E-state index contributed by atoms with van der Waals surface area (Å²) in [5.74, 6) is 0.500. The second-order valence-electron chi connectivity index (χ2n) is 8.63. The fraction of sp³-hybridized carbons (Fsp3) is 0.292. The molecule has 2 aromatic carbocycles. The van der Waals surface area contributed by atoms with Gasteiger partial charge in [0.2, 0.25) is 5.89 Å². The Morgan fingerprint density at radius 3 is 2.58 bits per heavy atom. The van der Waals surface area contributed by atoms with Crippen molar-refractivity contribution in [2.24, 2.45) is 0 Å². The molecule has 0 unspecified atom stereocenters. The van der Waals surface area contributed by atoms with Gasteiger partial charge in [0.15, 0.2) is 21.1 Å². The van der Waals surface area contributed by atoms with Gasteiger partial charge in [0.05, 0.1) is 17.5 Å². The standard InChI is InChI=1S/C24H24N4O4S/c1-15(2)21-13-20(27-28(21)18-11-12-33(30,31)14-18)23(29)25-17-9-7-16(8-10-17)24-26-19-5-3-4-6-22(19)32-24/h3-10,13,15,18H,11-12,14H2,1-2H3,(H,25,29)/t18-/m0/s1. The highest BCUT2D eigenvalue weighted by molar-refractivity contribution is 7.91. The maximum atomic E-state index is 12.9. The largest absolute Gasteiger partial charge is 0.436 e. The Labute approximate surface area is 191 Å². The monoisotopic (exact) mass is 464 g/mol. The maximum absolute atomic E-state index is 12.9. The van der Waals surface area contributed by atoms with E-state index in [1.165, 1.54) is 0 Å². The molecule has 8 nitrogen and oxygen atoms in total. The van der Waals surface area contributed by atoms with E-state index in [1.54, 1.807) is 22.9 Å². The number of rotatable bonds is 5. The summed E-state index contributed by atoms with van der Waals surface area (Å²) >= 11 is 0. The van der Waals surface area contributed by atoms with Gasteiger partial charge in [0.1, 0.15) is 5.52 Å². The number of hydrogen-bond acceptors (Lipinski definition) is 6. The average Bonchev–Trinajstić information content (AvgIpc) is 3.50. The third-order valence-electron chi connectivity index (χ3n) is 5.83. The van der Waals surface area contributed by atoms with Gasteiger partial charge < -0.3 is 9.73 Å². The summed E-state index contributed by atoms with van der Waals surface area (Å²) in [5.41, 5.74) is 4.05. The van der Waals surface area contributed by atoms with Crippen LogP contribution in [0.3, 0.4) is 0 Å². The molecule has 0 spiro atoms. The van der Waals surface area contributed by atoms with Crippen LogP contribution in [-0.2, 0) is 9.84 Å². The fourth-order valence-electron chi connectivity index (χ4n) is 4.10. The van der Waals surface area contributed by atoms with Crippen LogP contribution in [-0.4, -0.2) is 40.6 Å². The highest BCUT2D eigenvalue weighted by Crippen LogP contribution is 2.29. The third-order valence-corrected chi connectivity index (χ3v) is 7.58. The topological polar surface area (TPSA) is 107 Å². The van der Waals surface area contributed by atoms with Crippen molar-refractivity contribution >= 4 is 32.5 Å². The molecule has 0 aliphatic carbocycles. The summed E-state index contributed by atoms with van der Waals surface area (Å²) in [4.78, 5) is 17.4. The molecule has 1 saturated heterocycles. The smallest absolute Gasteiger partial charge is 0.276 e. The SMILES string of the molecule is CC(C)c1cc(C(=O)Nc2ccc(-c3nc4ccccc4o3)cc2)nn1[C@H]1CCS(=O)(=O)C1. The summed E-state index contributed by atoms with van der Waals surface area (Å²) in [6.45, 7) is 4.01. The highest BCUT2D eigenvalue weighted by atomic mass is 32.2. The van der Waals surface area contributed by atoms with Crippen LogP contribution in [0.15, 0.2) is 59.0 Å². The Balaban J connectivity index is 1.34. The number of hydrogen-bond donors (Lipinski definition) is 1. The van der Waals surface area contributed by atoms with E-state index >= 15 is 0 Å². The van der Waals surface area contributed by atoms with Crippen LogP contribution in [0, 0.1) is 0 Å². The van der Waals surface area contributed by atoms with Gasteiger partial charge in [-0.1, -0.05) is 26.0 Å². The molecule has 2 aromatic heterocycles. The zero-order valence-corrected chi connectivity index (χ0v) is 19.2. The Bertz CT molecular complexity index is 1400. The molecule has 33 heavy (non-hydrogen) atoms. The van der Waals surface area contributed by atoms with Crippen LogP contribution in [0.25, 0.3) is 22.6 Å². The molecule has 3 heterocycles. The second-order valence-corrected chi connectivity index (χ2v) is 10.9. The van der Waals surface area contributed by atoms with Crippen LogP contribution < -0.4 is 5.32 Å². The van der Waals surface area contributed by atoms with E-state index in [-0.39, 0.29) is 35.1 Å². The molecule has 9 heteroatoms. The first-order chi connectivity index (χ1) is 15.8. The normalized spacial score (nSPS) is 17.6. The molecule has 0 bridgehead atoms. The minimum absolute atomic E-state index is 0.0622. The number of amides is 1. The summed E-state index contributed by atoms with van der Waals surface area (Å²) < 4.78 is 31.4. The number of para-hydroxylation sites is 2. The number of aromatic nitrogens is 3. The number of nitrogens with one attached hydrogen (secondary N) is 1. The van der Waals surface area contributed by atoms with Crippen molar-refractivity contribution in [2.75, 3.05) is 16.8 Å². The van der Waals surface area contributed by atoms with Gasteiger partial charge in [-0.05, 0) is 54.8 Å². The van der Waals surface area contributed by atoms with Gasteiger partial charge in [0.25, 0.3) is 5.91 Å². The van der Waals surface area contributed by atoms with Crippen molar-refractivity contribution in [1.29, 1.82) is 0 Å². The van der Waals surface area contributed by atoms with E-state index in [0.29, 0.717) is 18.0 Å². The molecule has 1 aliphatic heterocycles. The minimum Gasteiger partial charge on any atom is -0.436 e. The highest BCUT2D eigenvalue weighted by Gasteiger charge is 2.32. The number of carbonyl (C=O) groups is 1. The number of oxazole rings is 1. The van der Waals surface area contributed by atoms with Crippen LogP contribution in [0.4, 0.5) is 5.69 Å². The van der Waals surface area contributed by atoms with E-state index in [1.807, 2.05) is 50.2 Å². The number of benzene rings is 2. The van der Waals surface area contributed by atoms with Gasteiger partial charge in [-0.15, -0.1) is 0 Å².